The van der Waals surface area contributed by atoms with Crippen molar-refractivity contribution in [2.24, 2.45) is 0 Å². The van der Waals surface area contributed by atoms with Gasteiger partial charge in [-0.1, -0.05) is 12.1 Å². The molecule has 2 fully saturated rings. The van der Waals surface area contributed by atoms with Gasteiger partial charge in [-0.15, -0.1) is 0 Å². The third kappa shape index (κ3) is 3.78. The topological polar surface area (TPSA) is 77.9 Å². The second kappa shape index (κ2) is 8.29. The van der Waals surface area contributed by atoms with Crippen LogP contribution in [0.1, 0.15) is 11.5 Å². The number of hydrogen-bond donors (Lipinski definition) is 2. The van der Waals surface area contributed by atoms with E-state index in [1.165, 1.54) is 11.1 Å². The van der Waals surface area contributed by atoms with E-state index in [1.807, 2.05) is 41.3 Å². The number of aliphatic hydroxyl groups excluding tert-OH is 1. The van der Waals surface area contributed by atoms with Crippen LogP contribution in [0.4, 0.5) is 5.69 Å². The molecule has 156 valence electrons. The fourth-order valence-corrected chi connectivity index (χ4v) is 4.87. The largest absolute Gasteiger partial charge is 0.490 e. The minimum Gasteiger partial charge on any atom is -0.490 e. The lowest BCUT2D eigenvalue weighted by atomic mass is 9.92. The molecule has 1 atom stereocenters. The maximum atomic E-state index is 13.0. The Morgan fingerprint density at radius 1 is 1.20 bits per heavy atom. The van der Waals surface area contributed by atoms with E-state index in [0.29, 0.717) is 19.7 Å². The number of aliphatic hydroxyl groups is 1. The maximum absolute atomic E-state index is 13.0. The molecule has 0 radical (unpaired) electrons. The van der Waals surface area contributed by atoms with Crippen LogP contribution >= 0.6 is 11.9 Å². The normalized spacial score (nSPS) is 19.2. The molecular weight excluding hydrogens is 400 g/mol. The number of aromatic nitrogens is 1. The van der Waals surface area contributed by atoms with Crippen LogP contribution in [0, 0.1) is 0 Å². The van der Waals surface area contributed by atoms with Crippen molar-refractivity contribution in [1.82, 2.24) is 14.2 Å². The molecule has 5 rings (SSSR count). The Labute approximate surface area is 179 Å². The maximum Gasteiger partial charge on any atom is 0.233 e. The highest BCUT2D eigenvalue weighted by molar-refractivity contribution is 7.97. The Bertz CT molecular complexity index is 966. The SMILES string of the molecule is O=C(C(CO)c1ccc2c(c1)NCCO2)N1CC(=C2CN(Sc3ccccn3)C2)C1. The van der Waals surface area contributed by atoms with Crippen LogP contribution in [0.5, 0.6) is 5.75 Å². The lowest BCUT2D eigenvalue weighted by Gasteiger charge is -2.42. The molecular formula is C22H24N4O3S. The second-order valence-corrected chi connectivity index (χ2v) is 8.84. The minimum atomic E-state index is -0.539. The summed E-state index contributed by atoms with van der Waals surface area (Å²) in [6.45, 7) is 4.34. The van der Waals surface area contributed by atoms with Crippen molar-refractivity contribution in [2.45, 2.75) is 10.9 Å². The van der Waals surface area contributed by atoms with Gasteiger partial charge in [0.1, 0.15) is 17.4 Å². The Morgan fingerprint density at radius 2 is 2.03 bits per heavy atom. The number of anilines is 1. The highest BCUT2D eigenvalue weighted by atomic mass is 32.2. The fraction of sp³-hybridized carbons (Fsp3) is 0.364. The summed E-state index contributed by atoms with van der Waals surface area (Å²) in [5.41, 5.74) is 4.47. The summed E-state index contributed by atoms with van der Waals surface area (Å²) >= 11 is 1.67. The van der Waals surface area contributed by atoms with Crippen LogP contribution < -0.4 is 10.1 Å². The van der Waals surface area contributed by atoms with Gasteiger partial charge in [-0.25, -0.2) is 9.29 Å². The molecule has 2 N–H and O–H groups in total. The summed E-state index contributed by atoms with van der Waals surface area (Å²) in [6.07, 6.45) is 1.81. The van der Waals surface area contributed by atoms with Crippen LogP contribution in [-0.2, 0) is 4.79 Å². The number of fused-ring (bicyclic) bond motifs is 1. The zero-order chi connectivity index (χ0) is 20.5. The summed E-state index contributed by atoms with van der Waals surface area (Å²) in [4.78, 5) is 19.1. The number of ether oxygens (including phenoxy) is 1. The highest BCUT2D eigenvalue weighted by Crippen LogP contribution is 2.35. The van der Waals surface area contributed by atoms with Gasteiger partial charge < -0.3 is 20.1 Å². The number of nitrogens with one attached hydrogen (secondary N) is 1. The number of carbonyl (C=O) groups is 1. The Balaban J connectivity index is 1.18. The second-order valence-electron chi connectivity index (χ2n) is 7.72. The molecule has 30 heavy (non-hydrogen) atoms. The number of likely N-dealkylation sites (tertiary alicyclic amines) is 1. The van der Waals surface area contributed by atoms with Crippen LogP contribution in [0.25, 0.3) is 0 Å². The number of rotatable bonds is 5. The van der Waals surface area contributed by atoms with Crippen molar-refractivity contribution in [3.8, 4) is 5.75 Å². The van der Waals surface area contributed by atoms with Gasteiger partial charge in [0.25, 0.3) is 0 Å². The molecule has 0 aliphatic carbocycles. The molecule has 3 aliphatic heterocycles. The third-order valence-electron chi connectivity index (χ3n) is 5.73. The lowest BCUT2D eigenvalue weighted by Crippen LogP contribution is -2.50. The minimum absolute atomic E-state index is 0.0161. The monoisotopic (exact) mass is 424 g/mol. The first-order valence-electron chi connectivity index (χ1n) is 10.2. The molecule has 3 aliphatic rings. The molecule has 2 aromatic rings. The number of hydrogen-bond acceptors (Lipinski definition) is 7. The van der Waals surface area contributed by atoms with Crippen molar-refractivity contribution >= 4 is 23.5 Å². The zero-order valence-corrected chi connectivity index (χ0v) is 17.4. The summed E-state index contributed by atoms with van der Waals surface area (Å²) in [7, 11) is 0. The van der Waals surface area contributed by atoms with Crippen molar-refractivity contribution in [3.63, 3.8) is 0 Å². The van der Waals surface area contributed by atoms with Gasteiger partial charge in [-0.3, -0.25) is 4.79 Å². The molecule has 0 bridgehead atoms. The van der Waals surface area contributed by atoms with E-state index >= 15 is 0 Å². The van der Waals surface area contributed by atoms with Crippen molar-refractivity contribution < 1.29 is 14.6 Å². The van der Waals surface area contributed by atoms with Crippen LogP contribution in [0.3, 0.4) is 0 Å². The number of carbonyl (C=O) groups excluding carboxylic acids is 1. The molecule has 4 heterocycles. The number of amides is 1. The third-order valence-corrected chi connectivity index (χ3v) is 6.68. The van der Waals surface area contributed by atoms with E-state index < -0.39 is 5.92 Å². The Morgan fingerprint density at radius 3 is 2.80 bits per heavy atom. The van der Waals surface area contributed by atoms with E-state index in [-0.39, 0.29) is 12.5 Å². The fourth-order valence-electron chi connectivity index (χ4n) is 3.92. The first-order chi connectivity index (χ1) is 14.7. The van der Waals surface area contributed by atoms with E-state index in [1.54, 1.807) is 18.1 Å². The van der Waals surface area contributed by atoms with E-state index in [0.717, 1.165) is 41.7 Å². The standard InChI is InChI=1S/C22H24N4O3S/c27-14-18(15-4-5-20-19(9-15)23-7-8-29-20)22(28)25-10-16(11-25)17-12-26(13-17)30-21-3-1-2-6-24-21/h1-6,9,18,23,27H,7-8,10-14H2. The zero-order valence-electron chi connectivity index (χ0n) is 16.6. The van der Waals surface area contributed by atoms with Crippen LogP contribution in [0.2, 0.25) is 0 Å². The summed E-state index contributed by atoms with van der Waals surface area (Å²) in [6, 6.07) is 11.6. The molecule has 0 spiro atoms. The van der Waals surface area contributed by atoms with Crippen molar-refractivity contribution in [2.75, 3.05) is 51.3 Å². The molecule has 2 saturated heterocycles. The van der Waals surface area contributed by atoms with E-state index in [9.17, 15) is 9.90 Å². The van der Waals surface area contributed by atoms with E-state index in [2.05, 4.69) is 14.6 Å². The predicted octanol–water partition coefficient (Wildman–Crippen LogP) is 2.12. The highest BCUT2D eigenvalue weighted by Gasteiger charge is 2.36. The average molecular weight is 425 g/mol. The number of benzene rings is 1. The van der Waals surface area contributed by atoms with E-state index in [4.69, 9.17) is 4.74 Å². The lowest BCUT2D eigenvalue weighted by molar-refractivity contribution is -0.135. The molecule has 1 aromatic carbocycles. The molecule has 1 unspecified atom stereocenters. The molecule has 8 heteroatoms. The van der Waals surface area contributed by atoms with Crippen molar-refractivity contribution in [1.29, 1.82) is 0 Å². The van der Waals surface area contributed by atoms with Crippen LogP contribution in [0.15, 0.2) is 58.8 Å². The number of nitrogens with zero attached hydrogens (tertiary/aromatic N) is 3. The smallest absolute Gasteiger partial charge is 0.233 e. The summed E-state index contributed by atoms with van der Waals surface area (Å²) < 4.78 is 7.87. The van der Waals surface area contributed by atoms with Crippen LogP contribution in [-0.4, -0.2) is 71.1 Å². The van der Waals surface area contributed by atoms with Gasteiger partial charge in [-0.2, -0.15) is 0 Å². The van der Waals surface area contributed by atoms with Crippen molar-refractivity contribution in [3.05, 3.63) is 59.3 Å². The first kappa shape index (κ1) is 19.4. The van der Waals surface area contributed by atoms with Gasteiger partial charge in [0.05, 0.1) is 18.2 Å². The van der Waals surface area contributed by atoms with Gasteiger partial charge >= 0.3 is 0 Å². The van der Waals surface area contributed by atoms with Gasteiger partial charge in [0, 0.05) is 38.9 Å². The Hall–Kier alpha value is -2.55. The molecule has 7 nitrogen and oxygen atoms in total. The first-order valence-corrected chi connectivity index (χ1v) is 10.9. The quantitative estimate of drug-likeness (QED) is 0.562. The molecule has 1 aromatic heterocycles. The molecule has 1 amide bonds. The predicted molar refractivity (Wildman–Crippen MR) is 116 cm³/mol. The van der Waals surface area contributed by atoms with Gasteiger partial charge in [-0.05, 0) is 52.9 Å². The van der Waals surface area contributed by atoms with Gasteiger partial charge in [0.2, 0.25) is 5.91 Å². The average Bonchev–Trinajstić information content (AvgIpc) is 2.72. The number of pyridine rings is 1. The summed E-state index contributed by atoms with van der Waals surface area (Å²) in [5, 5.41) is 14.2. The summed E-state index contributed by atoms with van der Waals surface area (Å²) in [5.74, 6) is 0.240. The molecule has 0 saturated carbocycles. The van der Waals surface area contributed by atoms with Gasteiger partial charge in [0.15, 0.2) is 0 Å². The Kier molecular flexibility index (Phi) is 5.37.